The number of anilines is 3. The fraction of sp³-hybridized carbons (Fsp3) is 0. The lowest BCUT2D eigenvalue weighted by Gasteiger charge is -2.34. The first-order chi connectivity index (χ1) is 21.3. The Labute approximate surface area is 250 Å². The Morgan fingerprint density at radius 2 is 1.19 bits per heavy atom. The van der Waals surface area contributed by atoms with E-state index < -0.39 is 0 Å². The Hall–Kier alpha value is -5.61. The number of nitrogens with zero attached hydrogens (tertiary/aromatic N) is 2. The van der Waals surface area contributed by atoms with Crippen molar-refractivity contribution < 1.29 is 4.74 Å². The van der Waals surface area contributed by atoms with Crippen LogP contribution in [0.25, 0.3) is 33.3 Å². The topological polar surface area (TPSA) is 25.4 Å². The first-order valence-corrected chi connectivity index (χ1v) is 14.7. The third-order valence-corrected chi connectivity index (χ3v) is 8.70. The number of aromatic nitrogens is 1. The zero-order valence-electron chi connectivity index (χ0n) is 23.3. The molecule has 0 spiro atoms. The molecule has 4 heteroatoms. The number of hydrogen-bond donors (Lipinski definition) is 0. The second-order valence-electron chi connectivity index (χ2n) is 11.2. The van der Waals surface area contributed by atoms with E-state index >= 15 is 0 Å². The third-order valence-electron chi connectivity index (χ3n) is 8.70. The third kappa shape index (κ3) is 3.73. The SMILES string of the molecule is c1ccc(-c2cc(B3c4ccccc4-c4nc5ccccc5cc43)ccc2N2c3ccccc3Oc3ccccc32)cc1. The molecule has 0 N–H and O–H groups in total. The summed E-state index contributed by atoms with van der Waals surface area (Å²) in [6.45, 7) is 0.0871. The summed E-state index contributed by atoms with van der Waals surface area (Å²) in [7, 11) is 0. The molecule has 2 aliphatic rings. The fourth-order valence-electron chi connectivity index (χ4n) is 6.80. The average Bonchev–Trinajstić information content (AvgIpc) is 3.39. The van der Waals surface area contributed by atoms with Crippen molar-refractivity contribution in [2.24, 2.45) is 0 Å². The van der Waals surface area contributed by atoms with Crippen LogP contribution < -0.4 is 26.0 Å². The summed E-state index contributed by atoms with van der Waals surface area (Å²) in [6.07, 6.45) is 0. The molecule has 0 aliphatic carbocycles. The van der Waals surface area contributed by atoms with Crippen molar-refractivity contribution in [3.63, 3.8) is 0 Å². The highest BCUT2D eigenvalue weighted by Crippen LogP contribution is 2.51. The number of pyridine rings is 1. The Morgan fingerprint density at radius 1 is 0.512 bits per heavy atom. The van der Waals surface area contributed by atoms with Crippen LogP contribution in [-0.2, 0) is 0 Å². The van der Waals surface area contributed by atoms with Crippen LogP contribution in [0.3, 0.4) is 0 Å². The van der Waals surface area contributed by atoms with Crippen molar-refractivity contribution in [2.45, 2.75) is 0 Å². The zero-order chi connectivity index (χ0) is 28.3. The molecule has 0 fully saturated rings. The molecule has 3 nitrogen and oxygen atoms in total. The van der Waals surface area contributed by atoms with Gasteiger partial charge in [0.25, 0.3) is 0 Å². The number of ether oxygens (including phenoxy) is 1. The van der Waals surface area contributed by atoms with Crippen LogP contribution in [0.4, 0.5) is 17.1 Å². The van der Waals surface area contributed by atoms with E-state index in [2.05, 4.69) is 132 Å². The van der Waals surface area contributed by atoms with Gasteiger partial charge < -0.3 is 9.64 Å². The van der Waals surface area contributed by atoms with Gasteiger partial charge in [0, 0.05) is 5.56 Å². The van der Waals surface area contributed by atoms with Gasteiger partial charge in [-0.15, -0.1) is 0 Å². The van der Waals surface area contributed by atoms with Crippen LogP contribution in [0, 0.1) is 0 Å². The first-order valence-electron chi connectivity index (χ1n) is 14.7. The predicted octanol–water partition coefficient (Wildman–Crippen LogP) is 7.97. The fourth-order valence-corrected chi connectivity index (χ4v) is 6.80. The van der Waals surface area contributed by atoms with Gasteiger partial charge in [0.15, 0.2) is 11.5 Å². The average molecular weight is 548 g/mol. The molecule has 0 saturated heterocycles. The van der Waals surface area contributed by atoms with E-state index in [1.165, 1.54) is 38.5 Å². The van der Waals surface area contributed by atoms with Crippen LogP contribution in [0.1, 0.15) is 0 Å². The van der Waals surface area contributed by atoms with E-state index in [-0.39, 0.29) is 6.71 Å². The number of fused-ring (bicyclic) bond motifs is 6. The van der Waals surface area contributed by atoms with Crippen LogP contribution in [0.2, 0.25) is 0 Å². The van der Waals surface area contributed by atoms with E-state index in [0.717, 1.165) is 39.8 Å². The molecule has 9 rings (SSSR count). The number of hydrogen-bond acceptors (Lipinski definition) is 3. The maximum atomic E-state index is 6.34. The van der Waals surface area contributed by atoms with Gasteiger partial charge in [-0.05, 0) is 58.4 Å². The van der Waals surface area contributed by atoms with Crippen molar-refractivity contribution >= 4 is 51.1 Å². The summed E-state index contributed by atoms with van der Waals surface area (Å²) in [4.78, 5) is 7.51. The molecular weight excluding hydrogens is 523 g/mol. The van der Waals surface area contributed by atoms with Crippen molar-refractivity contribution in [2.75, 3.05) is 4.90 Å². The second-order valence-corrected chi connectivity index (χ2v) is 11.2. The number of para-hydroxylation sites is 5. The lowest BCUT2D eigenvalue weighted by Crippen LogP contribution is -2.49. The van der Waals surface area contributed by atoms with Gasteiger partial charge in [-0.3, -0.25) is 0 Å². The normalized spacial score (nSPS) is 12.7. The highest BCUT2D eigenvalue weighted by molar-refractivity contribution is 6.99. The highest BCUT2D eigenvalue weighted by atomic mass is 16.5. The molecule has 0 bridgehead atoms. The minimum atomic E-state index is 0.0871. The van der Waals surface area contributed by atoms with Gasteiger partial charge in [-0.25, -0.2) is 4.98 Å². The molecule has 43 heavy (non-hydrogen) atoms. The summed E-state index contributed by atoms with van der Waals surface area (Å²) in [6, 6.07) is 53.7. The molecule has 6 aromatic carbocycles. The smallest absolute Gasteiger partial charge is 0.244 e. The summed E-state index contributed by atoms with van der Waals surface area (Å²) in [5.74, 6) is 1.70. The molecular formula is C39H25BN2O. The molecule has 2 aliphatic heterocycles. The Bertz CT molecular complexity index is 2150. The van der Waals surface area contributed by atoms with Gasteiger partial charge in [0.1, 0.15) is 0 Å². The van der Waals surface area contributed by atoms with Crippen LogP contribution in [0.15, 0.2) is 152 Å². The molecule has 200 valence electrons. The lowest BCUT2D eigenvalue weighted by molar-refractivity contribution is 0.477. The van der Waals surface area contributed by atoms with Crippen molar-refractivity contribution in [3.8, 4) is 33.9 Å². The minimum Gasteiger partial charge on any atom is -0.453 e. The molecule has 7 aromatic rings. The number of benzene rings is 6. The van der Waals surface area contributed by atoms with Gasteiger partial charge in [0.05, 0.1) is 28.3 Å². The summed E-state index contributed by atoms with van der Waals surface area (Å²) < 4.78 is 6.34. The predicted molar refractivity (Wildman–Crippen MR) is 178 cm³/mol. The first kappa shape index (κ1) is 24.0. The van der Waals surface area contributed by atoms with Gasteiger partial charge in [-0.1, -0.05) is 126 Å². The van der Waals surface area contributed by atoms with Crippen LogP contribution >= 0.6 is 0 Å². The van der Waals surface area contributed by atoms with Gasteiger partial charge in [-0.2, -0.15) is 0 Å². The highest BCUT2D eigenvalue weighted by Gasteiger charge is 2.36. The molecule has 1 aromatic heterocycles. The Balaban J connectivity index is 1.29. The molecule has 3 heterocycles. The maximum absolute atomic E-state index is 6.34. The lowest BCUT2D eigenvalue weighted by atomic mass is 9.39. The molecule has 0 unspecified atom stereocenters. The van der Waals surface area contributed by atoms with Crippen LogP contribution in [0.5, 0.6) is 11.5 Å². The molecule has 0 saturated carbocycles. The van der Waals surface area contributed by atoms with E-state index in [4.69, 9.17) is 9.72 Å². The van der Waals surface area contributed by atoms with Crippen molar-refractivity contribution in [3.05, 3.63) is 152 Å². The van der Waals surface area contributed by atoms with Crippen molar-refractivity contribution in [1.29, 1.82) is 0 Å². The summed E-state index contributed by atoms with van der Waals surface area (Å²) in [5, 5.41) is 1.17. The Kier molecular flexibility index (Phi) is 5.29. The quantitative estimate of drug-likeness (QED) is 0.210. The van der Waals surface area contributed by atoms with Crippen molar-refractivity contribution in [1.82, 2.24) is 4.98 Å². The largest absolute Gasteiger partial charge is 0.453 e. The van der Waals surface area contributed by atoms with E-state index in [1.807, 2.05) is 24.3 Å². The summed E-state index contributed by atoms with van der Waals surface area (Å²) in [5.41, 5.74) is 12.6. The van der Waals surface area contributed by atoms with E-state index in [1.54, 1.807) is 0 Å². The Morgan fingerprint density at radius 3 is 2.00 bits per heavy atom. The molecule has 0 atom stereocenters. The summed E-state index contributed by atoms with van der Waals surface area (Å²) >= 11 is 0. The van der Waals surface area contributed by atoms with E-state index in [9.17, 15) is 0 Å². The maximum Gasteiger partial charge on any atom is 0.244 e. The molecule has 0 radical (unpaired) electrons. The van der Waals surface area contributed by atoms with Gasteiger partial charge in [0.2, 0.25) is 6.71 Å². The standard InChI is InChI=1S/C39H25BN2O/c1-2-12-26(13-3-1)30-25-28(22-23-34(30)42-35-18-8-10-20-37(35)43-38-21-11-9-19-36(38)42)40-31-16-6-5-15-29(31)39-32(40)24-27-14-4-7-17-33(27)41-39/h1-25H. The minimum absolute atomic E-state index is 0.0871. The van der Waals surface area contributed by atoms with E-state index in [0.29, 0.717) is 0 Å². The zero-order valence-corrected chi connectivity index (χ0v) is 23.3. The second kappa shape index (κ2) is 9.47. The van der Waals surface area contributed by atoms with Crippen LogP contribution in [-0.4, -0.2) is 11.7 Å². The monoisotopic (exact) mass is 548 g/mol. The van der Waals surface area contributed by atoms with Gasteiger partial charge >= 0.3 is 0 Å². The number of rotatable bonds is 3. The molecule has 0 amide bonds.